The van der Waals surface area contributed by atoms with Gasteiger partial charge < -0.3 is 15.6 Å². The van der Waals surface area contributed by atoms with Gasteiger partial charge >= 0.3 is 0 Å². The third-order valence-electron chi connectivity index (χ3n) is 5.01. The van der Waals surface area contributed by atoms with Crippen LogP contribution in [0, 0.1) is 11.8 Å². The molecule has 0 amide bonds. The van der Waals surface area contributed by atoms with E-state index in [9.17, 15) is 5.11 Å². The van der Waals surface area contributed by atoms with Gasteiger partial charge in [0.2, 0.25) is 0 Å². The van der Waals surface area contributed by atoms with Gasteiger partial charge in [0.25, 0.3) is 0 Å². The number of para-hydroxylation sites is 1. The lowest BCUT2D eigenvalue weighted by molar-refractivity contribution is 0.118. The fourth-order valence-corrected chi connectivity index (χ4v) is 3.94. The monoisotopic (exact) mass is 276 g/mol. The zero-order valence-electron chi connectivity index (χ0n) is 12.0. The van der Waals surface area contributed by atoms with Crippen LogP contribution in [0.4, 0.5) is 0 Å². The van der Waals surface area contributed by atoms with Crippen molar-refractivity contribution in [1.29, 1.82) is 0 Å². The highest BCUT2D eigenvalue weighted by molar-refractivity contribution is 5.36. The van der Waals surface area contributed by atoms with Gasteiger partial charge in [0.1, 0.15) is 5.75 Å². The molecule has 20 heavy (non-hydrogen) atoms. The van der Waals surface area contributed by atoms with Crippen molar-refractivity contribution >= 4 is 0 Å². The molecule has 3 rings (SSSR count). The average molecular weight is 276 g/mol. The van der Waals surface area contributed by atoms with Crippen molar-refractivity contribution in [2.24, 2.45) is 17.6 Å². The number of benzene rings is 1. The molecule has 1 aliphatic carbocycles. The van der Waals surface area contributed by atoms with Crippen molar-refractivity contribution < 1.29 is 9.84 Å². The standard InChI is InChI=1S/C16H24N2O2/c1-20-16-5-3-2-4-12(16)14(8-17)18-9-11-6-7-15(19)13(11)10-18/h2-5,11,13-15,19H,6-10,17H2,1H3. The Bertz CT molecular complexity index is 466. The molecule has 0 spiro atoms. The molecule has 3 N–H and O–H groups in total. The molecule has 0 radical (unpaired) electrons. The number of nitrogens with two attached hydrogens (primary N) is 1. The van der Waals surface area contributed by atoms with Crippen LogP contribution in [0.25, 0.3) is 0 Å². The highest BCUT2D eigenvalue weighted by Gasteiger charge is 2.43. The molecule has 4 heteroatoms. The summed E-state index contributed by atoms with van der Waals surface area (Å²) in [4.78, 5) is 2.43. The molecule has 1 aromatic carbocycles. The number of ether oxygens (including phenoxy) is 1. The number of fused-ring (bicyclic) bond motifs is 1. The Morgan fingerprint density at radius 3 is 2.85 bits per heavy atom. The number of aliphatic hydroxyl groups excluding tert-OH is 1. The third kappa shape index (κ3) is 2.32. The molecule has 1 saturated heterocycles. The summed E-state index contributed by atoms with van der Waals surface area (Å²) in [6.45, 7) is 2.57. The zero-order chi connectivity index (χ0) is 14.1. The van der Waals surface area contributed by atoms with Crippen LogP contribution < -0.4 is 10.5 Å². The minimum atomic E-state index is -0.124. The molecule has 2 fully saturated rings. The Kier molecular flexibility index (Phi) is 3.96. The van der Waals surface area contributed by atoms with E-state index < -0.39 is 0 Å². The summed E-state index contributed by atoms with van der Waals surface area (Å²) in [6, 6.07) is 8.29. The Morgan fingerprint density at radius 1 is 1.35 bits per heavy atom. The van der Waals surface area contributed by atoms with Crippen molar-refractivity contribution in [2.45, 2.75) is 25.0 Å². The minimum absolute atomic E-state index is 0.124. The molecule has 110 valence electrons. The average Bonchev–Trinajstić information content (AvgIpc) is 3.03. The van der Waals surface area contributed by atoms with Crippen molar-refractivity contribution in [2.75, 3.05) is 26.7 Å². The number of aliphatic hydroxyl groups is 1. The van der Waals surface area contributed by atoms with Crippen LogP contribution >= 0.6 is 0 Å². The van der Waals surface area contributed by atoms with Crippen molar-refractivity contribution in [3.05, 3.63) is 29.8 Å². The van der Waals surface area contributed by atoms with Gasteiger partial charge in [-0.15, -0.1) is 0 Å². The van der Waals surface area contributed by atoms with Gasteiger partial charge in [0.05, 0.1) is 19.3 Å². The Morgan fingerprint density at radius 2 is 2.15 bits per heavy atom. The molecule has 4 atom stereocenters. The summed E-state index contributed by atoms with van der Waals surface area (Å²) in [5.41, 5.74) is 7.19. The number of rotatable bonds is 4. The fourth-order valence-electron chi connectivity index (χ4n) is 3.94. The van der Waals surface area contributed by atoms with Gasteiger partial charge in [0.15, 0.2) is 0 Å². The van der Waals surface area contributed by atoms with E-state index in [1.807, 2.05) is 18.2 Å². The van der Waals surface area contributed by atoms with Gasteiger partial charge in [-0.05, 0) is 24.8 Å². The summed E-state index contributed by atoms with van der Waals surface area (Å²) in [5, 5.41) is 10.1. The summed E-state index contributed by atoms with van der Waals surface area (Å²) in [6.07, 6.45) is 1.98. The first kappa shape index (κ1) is 13.9. The molecular weight excluding hydrogens is 252 g/mol. The van der Waals surface area contributed by atoms with E-state index in [0.717, 1.165) is 37.2 Å². The quantitative estimate of drug-likeness (QED) is 0.872. The van der Waals surface area contributed by atoms with E-state index >= 15 is 0 Å². The maximum absolute atomic E-state index is 10.1. The van der Waals surface area contributed by atoms with E-state index in [-0.39, 0.29) is 12.1 Å². The molecule has 1 aliphatic heterocycles. The van der Waals surface area contributed by atoms with Crippen LogP contribution in [0.15, 0.2) is 24.3 Å². The largest absolute Gasteiger partial charge is 0.496 e. The SMILES string of the molecule is COc1ccccc1C(CN)N1CC2CCC(O)C2C1. The van der Waals surface area contributed by atoms with E-state index in [4.69, 9.17) is 10.5 Å². The smallest absolute Gasteiger partial charge is 0.123 e. The molecule has 4 unspecified atom stereocenters. The predicted octanol–water partition coefficient (Wildman–Crippen LogP) is 1.40. The Balaban J connectivity index is 1.81. The second-order valence-electron chi connectivity index (χ2n) is 6.02. The molecule has 1 heterocycles. The first-order valence-corrected chi connectivity index (χ1v) is 7.49. The Hall–Kier alpha value is -1.10. The molecule has 0 aromatic heterocycles. The summed E-state index contributed by atoms with van der Waals surface area (Å²) in [7, 11) is 1.70. The zero-order valence-corrected chi connectivity index (χ0v) is 12.0. The minimum Gasteiger partial charge on any atom is -0.496 e. The summed E-state index contributed by atoms with van der Waals surface area (Å²) in [5.74, 6) is 1.97. The molecule has 1 aromatic rings. The van der Waals surface area contributed by atoms with Crippen LogP contribution in [0.2, 0.25) is 0 Å². The molecular formula is C16H24N2O2. The van der Waals surface area contributed by atoms with Crippen molar-refractivity contribution in [1.82, 2.24) is 4.90 Å². The van der Waals surface area contributed by atoms with Gasteiger partial charge in [-0.1, -0.05) is 18.2 Å². The van der Waals surface area contributed by atoms with Crippen LogP contribution in [0.1, 0.15) is 24.4 Å². The first-order chi connectivity index (χ1) is 9.74. The van der Waals surface area contributed by atoms with Crippen LogP contribution in [0.3, 0.4) is 0 Å². The molecule has 1 saturated carbocycles. The normalized spacial score (nSPS) is 31.2. The van der Waals surface area contributed by atoms with E-state index in [1.165, 1.54) is 0 Å². The second-order valence-corrected chi connectivity index (χ2v) is 6.02. The predicted molar refractivity (Wildman–Crippen MR) is 78.6 cm³/mol. The third-order valence-corrected chi connectivity index (χ3v) is 5.01. The lowest BCUT2D eigenvalue weighted by Gasteiger charge is -2.29. The maximum Gasteiger partial charge on any atom is 0.123 e. The number of methoxy groups -OCH3 is 1. The fraction of sp³-hybridized carbons (Fsp3) is 0.625. The second kappa shape index (κ2) is 5.72. The molecule has 2 aliphatic rings. The topological polar surface area (TPSA) is 58.7 Å². The highest BCUT2D eigenvalue weighted by Crippen LogP contribution is 2.42. The van der Waals surface area contributed by atoms with Crippen LogP contribution in [0.5, 0.6) is 5.75 Å². The van der Waals surface area contributed by atoms with Gasteiger partial charge in [0, 0.05) is 31.1 Å². The van der Waals surface area contributed by atoms with Gasteiger partial charge in [-0.2, -0.15) is 0 Å². The molecule has 0 bridgehead atoms. The van der Waals surface area contributed by atoms with Crippen LogP contribution in [-0.4, -0.2) is 42.9 Å². The van der Waals surface area contributed by atoms with Gasteiger partial charge in [-0.3, -0.25) is 4.90 Å². The molecule has 4 nitrogen and oxygen atoms in total. The van der Waals surface area contributed by atoms with Crippen molar-refractivity contribution in [3.8, 4) is 5.75 Å². The number of hydrogen-bond acceptors (Lipinski definition) is 4. The Labute approximate surface area is 120 Å². The van der Waals surface area contributed by atoms with E-state index in [2.05, 4.69) is 11.0 Å². The number of likely N-dealkylation sites (tertiary alicyclic amines) is 1. The lowest BCUT2D eigenvalue weighted by atomic mass is 10.00. The van der Waals surface area contributed by atoms with Gasteiger partial charge in [-0.25, -0.2) is 0 Å². The highest BCUT2D eigenvalue weighted by atomic mass is 16.5. The lowest BCUT2D eigenvalue weighted by Crippen LogP contribution is -2.34. The van der Waals surface area contributed by atoms with E-state index in [1.54, 1.807) is 7.11 Å². The number of hydrogen-bond donors (Lipinski definition) is 2. The summed E-state index contributed by atoms with van der Waals surface area (Å²) < 4.78 is 5.47. The number of nitrogens with zero attached hydrogens (tertiary/aromatic N) is 1. The summed E-state index contributed by atoms with van der Waals surface area (Å²) >= 11 is 0. The maximum atomic E-state index is 10.1. The van der Waals surface area contributed by atoms with Crippen LogP contribution in [-0.2, 0) is 0 Å². The first-order valence-electron chi connectivity index (χ1n) is 7.49. The van der Waals surface area contributed by atoms with E-state index in [0.29, 0.717) is 18.4 Å². The van der Waals surface area contributed by atoms with Crippen molar-refractivity contribution in [3.63, 3.8) is 0 Å².